The third-order valence-corrected chi connectivity index (χ3v) is 4.04. The second-order valence-corrected chi connectivity index (χ2v) is 5.94. The summed E-state index contributed by atoms with van der Waals surface area (Å²) >= 11 is 0. The van der Waals surface area contributed by atoms with E-state index in [1.54, 1.807) is 14.2 Å². The van der Waals surface area contributed by atoms with Crippen LogP contribution in [-0.4, -0.2) is 49.6 Å². The zero-order valence-electron chi connectivity index (χ0n) is 15.6. The van der Waals surface area contributed by atoms with Crippen LogP contribution in [0.4, 0.5) is 17.7 Å². The Bertz CT molecular complexity index is 784. The van der Waals surface area contributed by atoms with Crippen LogP contribution in [-0.2, 0) is 9.74 Å². The summed E-state index contributed by atoms with van der Waals surface area (Å²) in [5, 5.41) is 7.43. The van der Waals surface area contributed by atoms with Crippen LogP contribution in [0.1, 0.15) is 24.7 Å². The summed E-state index contributed by atoms with van der Waals surface area (Å²) in [4.78, 5) is 15.5. The first-order valence-electron chi connectivity index (χ1n) is 8.46. The number of ether oxygens (including phenoxy) is 2. The lowest BCUT2D eigenvalue weighted by molar-refractivity contribution is -0.234. The number of benzene rings is 1. The lowest BCUT2D eigenvalue weighted by atomic mass is 9.98. The van der Waals surface area contributed by atoms with Gasteiger partial charge in [0.05, 0.1) is 14.2 Å². The van der Waals surface area contributed by atoms with Gasteiger partial charge >= 0.3 is 12.1 Å². The zero-order valence-corrected chi connectivity index (χ0v) is 15.6. The highest BCUT2D eigenvalue weighted by Gasteiger charge is 2.42. The average Bonchev–Trinajstić information content (AvgIpc) is 3.23. The van der Waals surface area contributed by atoms with Gasteiger partial charge in [-0.05, 0) is 38.1 Å². The van der Waals surface area contributed by atoms with Crippen LogP contribution in [0.2, 0.25) is 0 Å². The fourth-order valence-electron chi connectivity index (χ4n) is 2.57. The van der Waals surface area contributed by atoms with Crippen LogP contribution in [0.3, 0.4) is 0 Å². The molecular weight excluding hydrogens is 402 g/mol. The number of hydrogen-bond acceptors (Lipinski definition) is 8. The molecule has 0 bridgehead atoms. The van der Waals surface area contributed by atoms with E-state index >= 15 is 0 Å². The molecule has 2 aromatic rings. The smallest absolute Gasteiger partial charge is 0.494 e. The summed E-state index contributed by atoms with van der Waals surface area (Å²) in [7, 11) is 3.24. The number of rotatable bonds is 4. The number of hydrogen-bond donors (Lipinski definition) is 1. The quantitative estimate of drug-likeness (QED) is 0.752. The molecule has 1 N–H and O–H groups in total. The molecular formula is C17H19F4N3O5. The summed E-state index contributed by atoms with van der Waals surface area (Å²) in [5.74, 6) is 0.210. The molecule has 0 aliphatic carbocycles. The molecule has 1 fully saturated rings. The van der Waals surface area contributed by atoms with E-state index in [-0.39, 0.29) is 0 Å². The van der Waals surface area contributed by atoms with Crippen LogP contribution < -0.4 is 14.8 Å². The number of halogens is 4. The lowest BCUT2D eigenvalue weighted by Gasteiger charge is -2.18. The molecule has 0 radical (unpaired) electrons. The molecule has 8 nitrogen and oxygen atoms in total. The summed E-state index contributed by atoms with van der Waals surface area (Å²) in [6.07, 6.45) is -3.17. The Balaban J connectivity index is 0.000000321. The van der Waals surface area contributed by atoms with Gasteiger partial charge in [0.1, 0.15) is 11.5 Å². The molecule has 1 aliphatic heterocycles. The minimum Gasteiger partial charge on any atom is -0.497 e. The fraction of sp³-hybridized carbons (Fsp3) is 0.471. The molecule has 1 aromatic heterocycles. The van der Waals surface area contributed by atoms with Gasteiger partial charge in [-0.3, -0.25) is 0 Å². The first kappa shape index (κ1) is 22.4. The number of carbonyl (C=O) groups is 1. The van der Waals surface area contributed by atoms with Gasteiger partial charge in [0, 0.05) is 22.1 Å². The molecule has 29 heavy (non-hydrogen) atoms. The van der Waals surface area contributed by atoms with E-state index in [4.69, 9.17) is 18.8 Å². The van der Waals surface area contributed by atoms with Crippen molar-refractivity contribution >= 4 is 5.97 Å². The second kappa shape index (κ2) is 10.0. The minimum atomic E-state index is -5.23. The van der Waals surface area contributed by atoms with Crippen molar-refractivity contribution in [1.29, 1.82) is 0 Å². The summed E-state index contributed by atoms with van der Waals surface area (Å²) < 4.78 is 58.5. The SMILES string of the molecule is COc1cc(OC)cc(-c2noc(C3CCNCC3)n2)c1.O=C(OF)C(F)(F)F. The number of nitrogens with zero attached hydrogens (tertiary/aromatic N) is 2. The fourth-order valence-corrected chi connectivity index (χ4v) is 2.57. The van der Waals surface area contributed by atoms with E-state index in [1.165, 1.54) is 0 Å². The van der Waals surface area contributed by atoms with Gasteiger partial charge in [0.2, 0.25) is 11.7 Å². The largest absolute Gasteiger partial charge is 0.497 e. The molecule has 0 saturated carbocycles. The monoisotopic (exact) mass is 421 g/mol. The van der Waals surface area contributed by atoms with E-state index in [0.29, 0.717) is 29.1 Å². The number of carbonyl (C=O) groups excluding carboxylic acids is 1. The minimum absolute atomic E-state index is 0.347. The summed E-state index contributed by atoms with van der Waals surface area (Å²) in [6.45, 7) is 1.99. The van der Waals surface area contributed by atoms with E-state index in [2.05, 4.69) is 15.5 Å². The number of alkyl halides is 3. The van der Waals surface area contributed by atoms with Crippen LogP contribution in [0.25, 0.3) is 11.4 Å². The molecule has 2 heterocycles. The molecule has 160 valence electrons. The molecule has 12 heteroatoms. The first-order valence-corrected chi connectivity index (χ1v) is 8.46. The van der Waals surface area contributed by atoms with Crippen LogP contribution >= 0.6 is 0 Å². The van der Waals surface area contributed by atoms with Crippen molar-refractivity contribution in [3.05, 3.63) is 24.1 Å². The van der Waals surface area contributed by atoms with Crippen LogP contribution in [0.15, 0.2) is 22.7 Å². The molecule has 1 aromatic carbocycles. The number of methoxy groups -OCH3 is 2. The highest BCUT2D eigenvalue weighted by atomic mass is 19.4. The Morgan fingerprint density at radius 3 is 2.17 bits per heavy atom. The zero-order chi connectivity index (χ0) is 21.4. The third-order valence-electron chi connectivity index (χ3n) is 4.04. The van der Waals surface area contributed by atoms with Crippen molar-refractivity contribution < 1.29 is 41.4 Å². The Labute approximate surface area is 163 Å². The van der Waals surface area contributed by atoms with Crippen molar-refractivity contribution in [2.24, 2.45) is 0 Å². The van der Waals surface area contributed by atoms with E-state index < -0.39 is 12.1 Å². The van der Waals surface area contributed by atoms with Crippen molar-refractivity contribution in [2.75, 3.05) is 27.3 Å². The van der Waals surface area contributed by atoms with Crippen molar-refractivity contribution in [3.63, 3.8) is 0 Å². The normalized spacial score (nSPS) is 14.6. The van der Waals surface area contributed by atoms with Gasteiger partial charge in [-0.2, -0.15) is 18.2 Å². The van der Waals surface area contributed by atoms with Crippen LogP contribution in [0, 0.1) is 0 Å². The predicted molar refractivity (Wildman–Crippen MR) is 90.9 cm³/mol. The Kier molecular flexibility index (Phi) is 7.76. The average molecular weight is 421 g/mol. The van der Waals surface area contributed by atoms with Crippen molar-refractivity contribution in [1.82, 2.24) is 15.5 Å². The number of aromatic nitrogens is 2. The molecule has 0 unspecified atom stereocenters. The topological polar surface area (TPSA) is 95.7 Å². The van der Waals surface area contributed by atoms with Crippen molar-refractivity contribution in [3.8, 4) is 22.9 Å². The molecule has 3 rings (SSSR count). The van der Waals surface area contributed by atoms with Gasteiger partial charge < -0.3 is 19.3 Å². The number of nitrogens with one attached hydrogen (secondary N) is 1. The summed E-state index contributed by atoms with van der Waals surface area (Å²) in [6, 6.07) is 5.57. The van der Waals surface area contributed by atoms with Gasteiger partial charge in [0.15, 0.2) is 0 Å². The van der Waals surface area contributed by atoms with Gasteiger partial charge in [-0.1, -0.05) is 5.16 Å². The van der Waals surface area contributed by atoms with Gasteiger partial charge in [0.25, 0.3) is 0 Å². The summed E-state index contributed by atoms with van der Waals surface area (Å²) in [5.41, 5.74) is 0.829. The maximum absolute atomic E-state index is 10.7. The lowest BCUT2D eigenvalue weighted by Crippen LogP contribution is -2.26. The van der Waals surface area contributed by atoms with Crippen LogP contribution in [0.5, 0.6) is 11.5 Å². The second-order valence-electron chi connectivity index (χ2n) is 5.94. The first-order chi connectivity index (χ1) is 13.8. The maximum Gasteiger partial charge on any atom is 0.494 e. The molecule has 0 amide bonds. The van der Waals surface area contributed by atoms with Crippen molar-refractivity contribution in [2.45, 2.75) is 24.9 Å². The Hall–Kier alpha value is -2.89. The Morgan fingerprint density at radius 1 is 1.14 bits per heavy atom. The highest BCUT2D eigenvalue weighted by molar-refractivity contribution is 5.74. The highest BCUT2D eigenvalue weighted by Crippen LogP contribution is 2.30. The van der Waals surface area contributed by atoms with Gasteiger partial charge in [-0.25, -0.2) is 9.74 Å². The third kappa shape index (κ3) is 6.31. The molecule has 1 saturated heterocycles. The molecule has 0 atom stereocenters. The van der Waals surface area contributed by atoms with E-state index in [9.17, 15) is 17.7 Å². The Morgan fingerprint density at radius 2 is 1.72 bits per heavy atom. The standard InChI is InChI=1S/C15H19N3O3.C2F4O2/c1-19-12-7-11(8-13(9-12)20-2)14-17-15(21-18-14)10-3-5-16-6-4-10;3-2(4,5)1(7)8-6/h7-10,16H,3-6H2,1-2H3;. The molecule has 1 aliphatic rings. The molecule has 0 spiro atoms. The maximum atomic E-state index is 10.7. The van der Waals surface area contributed by atoms with Gasteiger partial charge in [-0.15, -0.1) is 0 Å². The predicted octanol–water partition coefficient (Wildman–Crippen LogP) is 3.20. The number of piperidine rings is 1. The van der Waals surface area contributed by atoms with E-state index in [0.717, 1.165) is 31.5 Å². The van der Waals surface area contributed by atoms with E-state index in [1.807, 2.05) is 23.1 Å².